The fourth-order valence-corrected chi connectivity index (χ4v) is 2.98. The lowest BCUT2D eigenvalue weighted by atomic mass is 9.87. The van der Waals surface area contributed by atoms with E-state index in [1.807, 2.05) is 11.7 Å². The predicted octanol–water partition coefficient (Wildman–Crippen LogP) is 1.88. The quantitative estimate of drug-likeness (QED) is 0.870. The van der Waals surface area contributed by atoms with Crippen molar-refractivity contribution >= 4 is 0 Å². The van der Waals surface area contributed by atoms with Crippen molar-refractivity contribution in [3.8, 4) is 0 Å². The van der Waals surface area contributed by atoms with Crippen LogP contribution in [0.3, 0.4) is 0 Å². The van der Waals surface area contributed by atoms with E-state index >= 15 is 0 Å². The highest BCUT2D eigenvalue weighted by Gasteiger charge is 2.32. The molecule has 1 fully saturated rings. The Balaban J connectivity index is 2.14. The molecule has 1 saturated heterocycles. The van der Waals surface area contributed by atoms with Gasteiger partial charge in [0, 0.05) is 50.0 Å². The second-order valence-corrected chi connectivity index (χ2v) is 7.43. The molecule has 1 aliphatic heterocycles. The highest BCUT2D eigenvalue weighted by atomic mass is 16.5. The lowest BCUT2D eigenvalue weighted by Gasteiger charge is -2.28. The minimum atomic E-state index is -0.0580. The lowest BCUT2D eigenvalue weighted by molar-refractivity contribution is 0.0188. The van der Waals surface area contributed by atoms with E-state index in [4.69, 9.17) is 10.5 Å². The number of nitrogens with two attached hydrogens (primary N) is 1. The molecule has 2 atom stereocenters. The molecule has 2 rings (SSSR count). The molecule has 1 aliphatic rings. The number of hydrogen-bond acceptors (Lipinski definition) is 4. The molecule has 5 nitrogen and oxygen atoms in total. The zero-order chi connectivity index (χ0) is 15.7. The van der Waals surface area contributed by atoms with Crippen LogP contribution in [-0.4, -0.2) is 35.1 Å². The molecule has 21 heavy (non-hydrogen) atoms. The Morgan fingerprint density at radius 1 is 1.52 bits per heavy atom. The van der Waals surface area contributed by atoms with E-state index in [0.717, 1.165) is 31.7 Å². The SMILES string of the molecule is Cn1cc(C(CN)NCC2(C)CCCO2)c(C(C)(C)C)n1. The summed E-state index contributed by atoms with van der Waals surface area (Å²) >= 11 is 0. The Kier molecular flexibility index (Phi) is 4.76. The van der Waals surface area contributed by atoms with Gasteiger partial charge < -0.3 is 15.8 Å². The third kappa shape index (κ3) is 3.84. The smallest absolute Gasteiger partial charge is 0.0779 e. The van der Waals surface area contributed by atoms with E-state index in [9.17, 15) is 0 Å². The van der Waals surface area contributed by atoms with Crippen molar-refractivity contribution in [2.24, 2.45) is 12.8 Å². The number of rotatable bonds is 5. The fourth-order valence-electron chi connectivity index (χ4n) is 2.98. The summed E-state index contributed by atoms with van der Waals surface area (Å²) in [6, 6.07) is 0.119. The Bertz CT molecular complexity index is 469. The molecule has 0 spiro atoms. The normalized spacial score (nSPS) is 24.5. The Hall–Kier alpha value is -0.910. The maximum atomic E-state index is 6.01. The van der Waals surface area contributed by atoms with Crippen LogP contribution in [0.4, 0.5) is 0 Å². The molecular formula is C16H30N4O. The summed E-state index contributed by atoms with van der Waals surface area (Å²) in [5.74, 6) is 0. The van der Waals surface area contributed by atoms with Gasteiger partial charge in [0.2, 0.25) is 0 Å². The van der Waals surface area contributed by atoms with E-state index in [2.05, 4.69) is 44.3 Å². The minimum absolute atomic E-state index is 0.0133. The molecule has 120 valence electrons. The number of hydrogen-bond donors (Lipinski definition) is 2. The third-order valence-electron chi connectivity index (χ3n) is 4.20. The summed E-state index contributed by atoms with van der Waals surface area (Å²) in [6.07, 6.45) is 4.34. The minimum Gasteiger partial charge on any atom is -0.374 e. The van der Waals surface area contributed by atoms with Crippen LogP contribution in [0.5, 0.6) is 0 Å². The fraction of sp³-hybridized carbons (Fsp3) is 0.812. The van der Waals surface area contributed by atoms with Gasteiger partial charge >= 0.3 is 0 Å². The second kappa shape index (κ2) is 6.07. The van der Waals surface area contributed by atoms with Gasteiger partial charge in [0.1, 0.15) is 0 Å². The van der Waals surface area contributed by atoms with Crippen molar-refractivity contribution in [3.63, 3.8) is 0 Å². The number of nitrogens with zero attached hydrogens (tertiary/aromatic N) is 2. The summed E-state index contributed by atoms with van der Waals surface area (Å²) in [5.41, 5.74) is 8.29. The molecule has 1 aromatic rings. The molecule has 0 saturated carbocycles. The van der Waals surface area contributed by atoms with Gasteiger partial charge in [-0.05, 0) is 19.8 Å². The van der Waals surface area contributed by atoms with Crippen molar-refractivity contribution in [1.82, 2.24) is 15.1 Å². The van der Waals surface area contributed by atoms with Gasteiger partial charge in [0.15, 0.2) is 0 Å². The second-order valence-electron chi connectivity index (χ2n) is 7.43. The van der Waals surface area contributed by atoms with Gasteiger partial charge in [-0.25, -0.2) is 0 Å². The summed E-state index contributed by atoms with van der Waals surface area (Å²) < 4.78 is 7.73. The number of ether oxygens (including phenoxy) is 1. The van der Waals surface area contributed by atoms with Crippen LogP contribution < -0.4 is 11.1 Å². The van der Waals surface area contributed by atoms with Gasteiger partial charge in [0.05, 0.1) is 11.3 Å². The van der Waals surface area contributed by atoms with Crippen LogP contribution in [0, 0.1) is 0 Å². The maximum absolute atomic E-state index is 6.01. The molecule has 5 heteroatoms. The highest BCUT2D eigenvalue weighted by molar-refractivity contribution is 5.27. The van der Waals surface area contributed by atoms with Gasteiger partial charge in [-0.15, -0.1) is 0 Å². The largest absolute Gasteiger partial charge is 0.374 e. The van der Waals surface area contributed by atoms with Crippen molar-refractivity contribution in [3.05, 3.63) is 17.5 Å². The zero-order valence-corrected chi connectivity index (χ0v) is 14.1. The molecule has 1 aromatic heterocycles. The summed E-state index contributed by atoms with van der Waals surface area (Å²) in [7, 11) is 1.97. The molecule has 0 radical (unpaired) electrons. The van der Waals surface area contributed by atoms with Crippen molar-refractivity contribution < 1.29 is 4.74 Å². The van der Waals surface area contributed by atoms with E-state index in [0.29, 0.717) is 6.54 Å². The van der Waals surface area contributed by atoms with E-state index in [1.54, 1.807) is 0 Å². The van der Waals surface area contributed by atoms with E-state index in [-0.39, 0.29) is 17.1 Å². The molecule has 0 aliphatic carbocycles. The van der Waals surface area contributed by atoms with Crippen molar-refractivity contribution in [2.75, 3.05) is 19.7 Å². The maximum Gasteiger partial charge on any atom is 0.0779 e. The topological polar surface area (TPSA) is 65.1 Å². The third-order valence-corrected chi connectivity index (χ3v) is 4.20. The molecule has 3 N–H and O–H groups in total. The van der Waals surface area contributed by atoms with Crippen molar-refractivity contribution in [2.45, 2.75) is 57.6 Å². The van der Waals surface area contributed by atoms with Gasteiger partial charge in [0.25, 0.3) is 0 Å². The first-order valence-electron chi connectivity index (χ1n) is 7.87. The first-order chi connectivity index (χ1) is 9.75. The first-order valence-corrected chi connectivity index (χ1v) is 7.87. The number of aromatic nitrogens is 2. The predicted molar refractivity (Wildman–Crippen MR) is 85.3 cm³/mol. The molecule has 2 unspecified atom stereocenters. The van der Waals surface area contributed by atoms with Crippen LogP contribution in [-0.2, 0) is 17.2 Å². The van der Waals surface area contributed by atoms with Gasteiger partial charge in [-0.2, -0.15) is 5.10 Å². The monoisotopic (exact) mass is 294 g/mol. The van der Waals surface area contributed by atoms with Crippen LogP contribution in [0.25, 0.3) is 0 Å². The molecular weight excluding hydrogens is 264 g/mol. The number of aryl methyl sites for hydroxylation is 1. The standard InChI is InChI=1S/C16H30N4O/c1-15(2,3)14-12(10-20(5)19-14)13(9-17)18-11-16(4)7-6-8-21-16/h10,13,18H,6-9,11,17H2,1-5H3. The van der Waals surface area contributed by atoms with E-state index < -0.39 is 0 Å². The average molecular weight is 294 g/mol. The molecule has 2 heterocycles. The van der Waals surface area contributed by atoms with Gasteiger partial charge in [-0.1, -0.05) is 20.8 Å². The summed E-state index contributed by atoms with van der Waals surface area (Å²) in [6.45, 7) is 11.0. The van der Waals surface area contributed by atoms with Gasteiger partial charge in [-0.3, -0.25) is 4.68 Å². The molecule has 0 aromatic carbocycles. The average Bonchev–Trinajstić information content (AvgIpc) is 2.97. The van der Waals surface area contributed by atoms with E-state index in [1.165, 1.54) is 5.56 Å². The molecule has 0 amide bonds. The Morgan fingerprint density at radius 3 is 2.76 bits per heavy atom. The zero-order valence-electron chi connectivity index (χ0n) is 14.1. The Labute approximate surface area is 128 Å². The number of nitrogens with one attached hydrogen (secondary N) is 1. The summed E-state index contributed by atoms with van der Waals surface area (Å²) in [5, 5.41) is 8.23. The summed E-state index contributed by atoms with van der Waals surface area (Å²) in [4.78, 5) is 0. The van der Waals surface area contributed by atoms with Crippen LogP contribution in [0.15, 0.2) is 6.20 Å². The van der Waals surface area contributed by atoms with Crippen LogP contribution >= 0.6 is 0 Å². The van der Waals surface area contributed by atoms with Crippen molar-refractivity contribution in [1.29, 1.82) is 0 Å². The van der Waals surface area contributed by atoms with Crippen LogP contribution in [0.1, 0.15) is 57.8 Å². The van der Waals surface area contributed by atoms with Crippen LogP contribution in [0.2, 0.25) is 0 Å². The molecule has 0 bridgehead atoms. The highest BCUT2D eigenvalue weighted by Crippen LogP contribution is 2.29. The Morgan fingerprint density at radius 2 is 2.24 bits per heavy atom. The lowest BCUT2D eigenvalue weighted by Crippen LogP contribution is -2.41. The first kappa shape index (κ1) is 16.5.